The van der Waals surface area contributed by atoms with Crippen LogP contribution in [0.3, 0.4) is 0 Å². The summed E-state index contributed by atoms with van der Waals surface area (Å²) < 4.78 is 42.3. The Bertz CT molecular complexity index is 935. The lowest BCUT2D eigenvalue weighted by Crippen LogP contribution is -2.30. The summed E-state index contributed by atoms with van der Waals surface area (Å²) in [7, 11) is -4.67. The highest BCUT2D eigenvalue weighted by Crippen LogP contribution is 2.32. The fraction of sp³-hybridized carbons (Fsp3) is 0.278. The minimum atomic E-state index is -4.67. The molecule has 2 aromatic carbocycles. The van der Waals surface area contributed by atoms with Gasteiger partial charge in [-0.15, -0.1) is 0 Å². The second-order valence-electron chi connectivity index (χ2n) is 5.95. The molecule has 0 fully saturated rings. The van der Waals surface area contributed by atoms with Gasteiger partial charge in [-0.2, -0.15) is 8.42 Å². The van der Waals surface area contributed by atoms with E-state index in [1.54, 1.807) is 0 Å². The molecular formula is C18H20N2O6S. The molecule has 4 rings (SSSR count). The first-order valence-corrected chi connectivity index (χ1v) is 9.75. The van der Waals surface area contributed by atoms with Crippen LogP contribution in [0.15, 0.2) is 47.5 Å². The predicted molar refractivity (Wildman–Crippen MR) is 100.0 cm³/mol. The summed E-state index contributed by atoms with van der Waals surface area (Å²) in [6, 6.07) is 14.6. The van der Waals surface area contributed by atoms with Crippen molar-refractivity contribution in [3.63, 3.8) is 0 Å². The molecule has 0 unspecified atom stereocenters. The van der Waals surface area contributed by atoms with E-state index in [9.17, 15) is 0 Å². The molecule has 0 saturated heterocycles. The number of nitrogens with zero attached hydrogens (tertiary/aromatic N) is 1. The van der Waals surface area contributed by atoms with Gasteiger partial charge in [0.2, 0.25) is 6.79 Å². The molecule has 0 spiro atoms. The third kappa shape index (κ3) is 5.68. The Kier molecular flexibility index (Phi) is 5.94. The van der Waals surface area contributed by atoms with Crippen LogP contribution in [0.25, 0.3) is 0 Å². The Balaban J connectivity index is 0.000000376. The maximum Gasteiger partial charge on any atom is 0.394 e. The summed E-state index contributed by atoms with van der Waals surface area (Å²) in [5.74, 6) is 2.70. The van der Waals surface area contributed by atoms with Crippen molar-refractivity contribution < 1.29 is 27.0 Å². The van der Waals surface area contributed by atoms with Gasteiger partial charge in [0.15, 0.2) is 11.5 Å². The van der Waals surface area contributed by atoms with E-state index in [0.29, 0.717) is 6.79 Å². The molecule has 2 aromatic rings. The summed E-state index contributed by atoms with van der Waals surface area (Å²) in [4.78, 5) is 4.62. The second-order valence-corrected chi connectivity index (χ2v) is 6.85. The number of amidine groups is 1. The summed E-state index contributed by atoms with van der Waals surface area (Å²) in [5.41, 5.74) is 3.85. The first-order chi connectivity index (χ1) is 12.9. The molecule has 27 heavy (non-hydrogen) atoms. The zero-order valence-electron chi connectivity index (χ0n) is 14.5. The zero-order valence-corrected chi connectivity index (χ0v) is 15.3. The molecule has 0 atom stereocenters. The average molecular weight is 392 g/mol. The van der Waals surface area contributed by atoms with Crippen LogP contribution >= 0.6 is 0 Å². The summed E-state index contributed by atoms with van der Waals surface area (Å²) in [6.45, 7) is 2.04. The maximum atomic E-state index is 8.74. The molecule has 0 aromatic heterocycles. The fourth-order valence-electron chi connectivity index (χ4n) is 2.92. The van der Waals surface area contributed by atoms with Crippen molar-refractivity contribution in [3.05, 3.63) is 59.2 Å². The van der Waals surface area contributed by atoms with E-state index in [4.69, 9.17) is 27.0 Å². The van der Waals surface area contributed by atoms with Crippen LogP contribution in [0.1, 0.15) is 16.7 Å². The quantitative estimate of drug-likeness (QED) is 0.683. The van der Waals surface area contributed by atoms with Gasteiger partial charge in [-0.05, 0) is 36.1 Å². The lowest BCUT2D eigenvalue weighted by molar-refractivity contribution is 0.174. The van der Waals surface area contributed by atoms with Gasteiger partial charge < -0.3 is 14.8 Å². The summed E-state index contributed by atoms with van der Waals surface area (Å²) in [6.07, 6.45) is 1.96. The van der Waals surface area contributed by atoms with Gasteiger partial charge in [-0.3, -0.25) is 14.1 Å². The fourth-order valence-corrected chi connectivity index (χ4v) is 2.92. The van der Waals surface area contributed by atoms with Crippen LogP contribution < -0.4 is 14.8 Å². The minimum absolute atomic E-state index is 0.324. The van der Waals surface area contributed by atoms with Crippen LogP contribution in [0.5, 0.6) is 11.5 Å². The molecule has 0 amide bonds. The molecule has 0 radical (unpaired) electrons. The third-order valence-corrected chi connectivity index (χ3v) is 4.07. The van der Waals surface area contributed by atoms with Gasteiger partial charge >= 0.3 is 10.4 Å². The lowest BCUT2D eigenvalue weighted by atomic mass is 10.0. The SMILES string of the molecule is O=S(=O)(O)O.c1ccc2c(c1)CCN=C2NCCc1ccc2c(c1)OCO2. The second kappa shape index (κ2) is 8.38. The van der Waals surface area contributed by atoms with Crippen LogP contribution in [0.4, 0.5) is 0 Å². The number of hydrogen-bond acceptors (Lipinski definition) is 6. The van der Waals surface area contributed by atoms with Gasteiger partial charge in [0.25, 0.3) is 0 Å². The van der Waals surface area contributed by atoms with Crippen LogP contribution in [0, 0.1) is 0 Å². The number of hydrogen-bond donors (Lipinski definition) is 3. The Labute approximate surface area is 157 Å². The molecule has 2 aliphatic rings. The zero-order chi connectivity index (χ0) is 19.3. The minimum Gasteiger partial charge on any atom is -0.454 e. The highest BCUT2D eigenvalue weighted by molar-refractivity contribution is 7.79. The first-order valence-electron chi connectivity index (χ1n) is 8.35. The van der Waals surface area contributed by atoms with Crippen molar-refractivity contribution >= 4 is 16.2 Å². The van der Waals surface area contributed by atoms with Crippen molar-refractivity contribution in [2.75, 3.05) is 19.9 Å². The molecule has 0 saturated carbocycles. The van der Waals surface area contributed by atoms with Crippen molar-refractivity contribution in [2.45, 2.75) is 12.8 Å². The highest BCUT2D eigenvalue weighted by Gasteiger charge is 2.14. The monoisotopic (exact) mass is 392 g/mol. The molecule has 9 heteroatoms. The van der Waals surface area contributed by atoms with E-state index >= 15 is 0 Å². The predicted octanol–water partition coefficient (Wildman–Crippen LogP) is 1.90. The Morgan fingerprint density at radius 2 is 1.81 bits per heavy atom. The molecule has 2 aliphatic heterocycles. The van der Waals surface area contributed by atoms with Gasteiger partial charge in [0.1, 0.15) is 5.84 Å². The van der Waals surface area contributed by atoms with E-state index in [0.717, 1.165) is 43.3 Å². The van der Waals surface area contributed by atoms with E-state index in [1.165, 1.54) is 16.7 Å². The van der Waals surface area contributed by atoms with Crippen LogP contribution in [0.2, 0.25) is 0 Å². The normalized spacial score (nSPS) is 14.5. The highest BCUT2D eigenvalue weighted by atomic mass is 32.3. The largest absolute Gasteiger partial charge is 0.454 e. The number of ether oxygens (including phenoxy) is 2. The first kappa shape index (κ1) is 19.2. The van der Waals surface area contributed by atoms with E-state index < -0.39 is 10.4 Å². The topological polar surface area (TPSA) is 117 Å². The standard InChI is InChI=1S/C18H18N2O2.H2O4S/c1-2-4-15-14(3-1)8-10-20-18(15)19-9-7-13-5-6-16-17(11-13)22-12-21-16;1-5(2,3)4/h1-6,11H,7-10,12H2,(H,19,20);(H2,1,2,3,4). The van der Waals surface area contributed by atoms with Gasteiger partial charge in [-0.25, -0.2) is 0 Å². The third-order valence-electron chi connectivity index (χ3n) is 4.07. The number of benzene rings is 2. The number of nitrogens with one attached hydrogen (secondary N) is 1. The number of rotatable bonds is 3. The van der Waals surface area contributed by atoms with Gasteiger partial charge in [-0.1, -0.05) is 30.3 Å². The number of fused-ring (bicyclic) bond motifs is 2. The summed E-state index contributed by atoms with van der Waals surface area (Å²) >= 11 is 0. The lowest BCUT2D eigenvalue weighted by Gasteiger charge is -2.18. The molecule has 2 heterocycles. The Morgan fingerprint density at radius 1 is 1.07 bits per heavy atom. The molecular weight excluding hydrogens is 372 g/mol. The van der Waals surface area contributed by atoms with Gasteiger partial charge in [0.05, 0.1) is 0 Å². The molecule has 8 nitrogen and oxygen atoms in total. The van der Waals surface area contributed by atoms with E-state index in [1.807, 2.05) is 6.07 Å². The smallest absolute Gasteiger partial charge is 0.394 e. The van der Waals surface area contributed by atoms with Crippen molar-refractivity contribution in [1.82, 2.24) is 5.32 Å². The Morgan fingerprint density at radius 3 is 2.63 bits per heavy atom. The van der Waals surface area contributed by atoms with Crippen molar-refractivity contribution in [3.8, 4) is 11.5 Å². The number of aliphatic imine (C=N–C) groups is 1. The molecule has 0 aliphatic carbocycles. The van der Waals surface area contributed by atoms with Crippen LogP contribution in [-0.2, 0) is 23.2 Å². The van der Waals surface area contributed by atoms with Crippen LogP contribution in [-0.4, -0.2) is 43.2 Å². The van der Waals surface area contributed by atoms with Crippen molar-refractivity contribution in [2.24, 2.45) is 4.99 Å². The van der Waals surface area contributed by atoms with E-state index in [2.05, 4.69) is 46.7 Å². The Hall–Kier alpha value is -2.62. The molecule has 144 valence electrons. The molecule has 3 N–H and O–H groups in total. The average Bonchev–Trinajstić information content (AvgIpc) is 3.08. The summed E-state index contributed by atoms with van der Waals surface area (Å²) in [5, 5.41) is 3.47. The van der Waals surface area contributed by atoms with Crippen molar-refractivity contribution in [1.29, 1.82) is 0 Å². The van der Waals surface area contributed by atoms with Gasteiger partial charge in [0, 0.05) is 18.7 Å². The molecule has 0 bridgehead atoms. The van der Waals surface area contributed by atoms with E-state index in [-0.39, 0.29) is 0 Å². The maximum absolute atomic E-state index is 8.74.